The van der Waals surface area contributed by atoms with Crippen molar-refractivity contribution in [1.29, 1.82) is 0 Å². The molecule has 0 fully saturated rings. The molecule has 1 heterocycles. The lowest BCUT2D eigenvalue weighted by Crippen LogP contribution is -2.14. The number of carbonyl (C=O) groups excluding carboxylic acids is 1. The maximum atomic E-state index is 12.8. The summed E-state index contributed by atoms with van der Waals surface area (Å²) in [5.74, 6) is -0.453. The molecule has 0 saturated heterocycles. The van der Waals surface area contributed by atoms with Crippen LogP contribution >= 0.6 is 7.82 Å². The van der Waals surface area contributed by atoms with Crippen molar-refractivity contribution >= 4 is 31.0 Å². The normalized spacial score (nSPS) is 15.4. The molecule has 8 nitrogen and oxygen atoms in total. The van der Waals surface area contributed by atoms with E-state index in [1.165, 1.54) is 0 Å². The van der Waals surface area contributed by atoms with E-state index in [0.29, 0.717) is 16.8 Å². The molecule has 1 N–H and O–H groups in total. The number of amides is 1. The third kappa shape index (κ3) is 4.54. The quantitative estimate of drug-likeness (QED) is 0.327. The lowest BCUT2D eigenvalue weighted by Gasteiger charge is -2.17. The highest BCUT2D eigenvalue weighted by Crippen LogP contribution is 2.50. The molecular weight excluding hydrogens is 381 g/mol. The molecule has 0 saturated carbocycles. The van der Waals surface area contributed by atoms with E-state index in [4.69, 9.17) is 13.6 Å². The second kappa shape index (κ2) is 8.93. The second-order valence-corrected chi connectivity index (χ2v) is 7.19. The second-order valence-electron chi connectivity index (χ2n) is 5.59. The molecule has 0 atom stereocenters. The first kappa shape index (κ1) is 19.9. The summed E-state index contributed by atoms with van der Waals surface area (Å²) >= 11 is 0. The van der Waals surface area contributed by atoms with E-state index < -0.39 is 7.82 Å². The van der Waals surface area contributed by atoms with Gasteiger partial charge in [-0.3, -0.25) is 13.8 Å². The zero-order valence-electron chi connectivity index (χ0n) is 15.5. The zero-order valence-corrected chi connectivity index (χ0v) is 16.4. The number of nitrogens with one attached hydrogen (secondary N) is 1. The van der Waals surface area contributed by atoms with Crippen molar-refractivity contribution in [2.75, 3.05) is 18.5 Å². The van der Waals surface area contributed by atoms with Gasteiger partial charge in [-0.25, -0.2) is 4.57 Å². The van der Waals surface area contributed by atoms with Gasteiger partial charge >= 0.3 is 7.82 Å². The maximum absolute atomic E-state index is 12.8. The number of fused-ring (bicyclic) bond motifs is 1. The third-order valence-electron chi connectivity index (χ3n) is 3.68. The van der Waals surface area contributed by atoms with Crippen LogP contribution in [0.25, 0.3) is 0 Å². The van der Waals surface area contributed by atoms with Gasteiger partial charge in [0.1, 0.15) is 0 Å². The summed E-state index contributed by atoms with van der Waals surface area (Å²) in [6, 6.07) is 15.9. The van der Waals surface area contributed by atoms with Crippen LogP contribution in [0.5, 0.6) is 0 Å². The topological polar surface area (TPSA) is 98.6 Å². The Morgan fingerprint density at radius 3 is 2.32 bits per heavy atom. The number of rotatable bonds is 7. The average Bonchev–Trinajstić information content (AvgIpc) is 3.01. The largest absolute Gasteiger partial charge is 0.531 e. The smallest absolute Gasteiger partial charge is 0.383 e. The minimum absolute atomic E-state index is 0.0736. The fraction of sp³-hybridized carbons (Fsp3) is 0.211. The van der Waals surface area contributed by atoms with Crippen molar-refractivity contribution in [3.05, 3.63) is 65.7 Å². The fourth-order valence-electron chi connectivity index (χ4n) is 2.52. The van der Waals surface area contributed by atoms with E-state index in [9.17, 15) is 9.36 Å². The van der Waals surface area contributed by atoms with E-state index >= 15 is 0 Å². The van der Waals surface area contributed by atoms with Gasteiger partial charge in [0.2, 0.25) is 0 Å². The number of phosphoric acid groups is 1. The predicted molar refractivity (Wildman–Crippen MR) is 107 cm³/mol. The Hall–Kier alpha value is -2.80. The first-order valence-electron chi connectivity index (χ1n) is 8.77. The van der Waals surface area contributed by atoms with Crippen LogP contribution in [0.3, 0.4) is 0 Å². The van der Waals surface area contributed by atoms with Crippen molar-refractivity contribution in [2.45, 2.75) is 13.8 Å². The minimum Gasteiger partial charge on any atom is -0.383 e. The van der Waals surface area contributed by atoms with Crippen molar-refractivity contribution in [1.82, 2.24) is 0 Å². The van der Waals surface area contributed by atoms with Gasteiger partial charge < -0.3 is 9.84 Å². The first-order chi connectivity index (χ1) is 13.6. The molecule has 0 bridgehead atoms. The molecule has 2 aromatic carbocycles. The summed E-state index contributed by atoms with van der Waals surface area (Å²) in [4.78, 5) is 12.2. The number of para-hydroxylation sites is 1. The lowest BCUT2D eigenvalue weighted by molar-refractivity contribution is -0.110. The van der Waals surface area contributed by atoms with Gasteiger partial charge in [-0.15, -0.1) is 10.2 Å². The van der Waals surface area contributed by atoms with E-state index in [1.807, 2.05) is 12.1 Å². The predicted octanol–water partition coefficient (Wildman–Crippen LogP) is 3.99. The highest BCUT2D eigenvalue weighted by atomic mass is 31.2. The highest BCUT2D eigenvalue weighted by Gasteiger charge is 2.30. The molecule has 2 aromatic rings. The van der Waals surface area contributed by atoms with Gasteiger partial charge in [0.05, 0.1) is 18.9 Å². The Labute approximate surface area is 162 Å². The van der Waals surface area contributed by atoms with Crippen LogP contribution in [0.2, 0.25) is 0 Å². The molecule has 1 amide bonds. The van der Waals surface area contributed by atoms with Crippen LogP contribution in [0.15, 0.2) is 64.8 Å². The number of hydrogen-bond acceptors (Lipinski definition) is 7. The Kier molecular flexibility index (Phi) is 6.36. The van der Waals surface area contributed by atoms with E-state index in [2.05, 4.69) is 15.5 Å². The molecule has 9 heteroatoms. The van der Waals surface area contributed by atoms with E-state index in [-0.39, 0.29) is 30.7 Å². The zero-order chi connectivity index (χ0) is 20.0. The Balaban J connectivity index is 2.00. The molecule has 1 aliphatic heterocycles. The van der Waals surface area contributed by atoms with Gasteiger partial charge in [-0.2, -0.15) is 0 Å². The fourth-order valence-corrected chi connectivity index (χ4v) is 3.68. The molecule has 0 aromatic heterocycles. The van der Waals surface area contributed by atoms with Gasteiger partial charge in [-0.1, -0.05) is 36.4 Å². The molecule has 3 rings (SSSR count). The number of nitrogens with zero attached hydrogens (tertiary/aromatic N) is 2. The standard InChI is InChI=1S/C19H20N3O5P/c1-3-25-28(24,26-4-2)27-19(14-10-6-5-7-11-14)22-21-17-15-12-8-9-13-16(15)20-18(17)23/h5-13H,3-4H2,1-2H3,(H,20,21,23)/b22-19-. The highest BCUT2D eigenvalue weighted by molar-refractivity contribution is 7.49. The van der Waals surface area contributed by atoms with Crippen LogP contribution in [-0.4, -0.2) is 30.7 Å². The van der Waals surface area contributed by atoms with Gasteiger partial charge in [0.25, 0.3) is 11.8 Å². The molecule has 28 heavy (non-hydrogen) atoms. The number of benzene rings is 2. The number of phosphoric ester groups is 1. The molecule has 146 valence electrons. The summed E-state index contributed by atoms with van der Waals surface area (Å²) in [6.45, 7) is 3.61. The SMILES string of the molecule is CCOP(=O)(OCC)O/C(=N\N=C1/C(=O)Nc2ccccc21)c1ccccc1. The molecule has 0 unspecified atom stereocenters. The van der Waals surface area contributed by atoms with Crippen LogP contribution < -0.4 is 5.32 Å². The van der Waals surface area contributed by atoms with Crippen LogP contribution in [0.4, 0.5) is 5.69 Å². The molecule has 0 radical (unpaired) electrons. The number of hydrogen-bond donors (Lipinski definition) is 1. The summed E-state index contributed by atoms with van der Waals surface area (Å²) < 4.78 is 28.6. The molecule has 0 spiro atoms. The molecule has 1 aliphatic rings. The molecular formula is C19H20N3O5P. The van der Waals surface area contributed by atoms with Gasteiger partial charge in [-0.05, 0) is 32.0 Å². The monoisotopic (exact) mass is 401 g/mol. The Bertz CT molecular complexity index is 949. The Morgan fingerprint density at radius 2 is 1.64 bits per heavy atom. The number of carbonyl (C=O) groups is 1. The lowest BCUT2D eigenvalue weighted by atomic mass is 10.1. The van der Waals surface area contributed by atoms with Crippen LogP contribution in [0.1, 0.15) is 25.0 Å². The van der Waals surface area contributed by atoms with Gasteiger partial charge in [0.15, 0.2) is 5.71 Å². The Morgan fingerprint density at radius 1 is 1.00 bits per heavy atom. The minimum atomic E-state index is -3.88. The summed E-state index contributed by atoms with van der Waals surface area (Å²) in [7, 11) is -3.88. The summed E-state index contributed by atoms with van der Waals surface area (Å²) in [6.07, 6.45) is 0. The van der Waals surface area contributed by atoms with Crippen LogP contribution in [-0.2, 0) is 22.9 Å². The summed E-state index contributed by atoms with van der Waals surface area (Å²) in [5.41, 5.74) is 1.92. The van der Waals surface area contributed by atoms with Gasteiger partial charge in [0, 0.05) is 11.1 Å². The maximum Gasteiger partial charge on any atom is 0.531 e. The molecule has 0 aliphatic carbocycles. The first-order valence-corrected chi connectivity index (χ1v) is 10.2. The number of anilines is 1. The third-order valence-corrected chi connectivity index (χ3v) is 5.23. The van der Waals surface area contributed by atoms with Crippen molar-refractivity contribution in [3.63, 3.8) is 0 Å². The van der Waals surface area contributed by atoms with E-state index in [1.54, 1.807) is 56.3 Å². The van der Waals surface area contributed by atoms with E-state index in [0.717, 1.165) is 0 Å². The van der Waals surface area contributed by atoms with Crippen molar-refractivity contribution < 1.29 is 22.9 Å². The summed E-state index contributed by atoms with van der Waals surface area (Å²) in [5, 5.41) is 10.8. The average molecular weight is 401 g/mol. The van der Waals surface area contributed by atoms with Crippen molar-refractivity contribution in [2.24, 2.45) is 10.2 Å². The van der Waals surface area contributed by atoms with Crippen molar-refractivity contribution in [3.8, 4) is 0 Å². The van der Waals surface area contributed by atoms with Crippen LogP contribution in [0, 0.1) is 0 Å².